The zero-order chi connectivity index (χ0) is 17.4. The molecule has 0 aromatic rings. The maximum Gasteiger partial charge on any atom is 0.302 e. The van der Waals surface area contributed by atoms with Crippen LogP contribution in [0.4, 0.5) is 0 Å². The Kier molecular flexibility index (Phi) is 9.11. The predicted octanol–water partition coefficient (Wildman–Crippen LogP) is 3.32. The molecule has 0 aromatic carbocycles. The summed E-state index contributed by atoms with van der Waals surface area (Å²) in [5, 5.41) is 0.0839. The number of rotatable bonds is 10. The second-order valence-corrected chi connectivity index (χ2v) is 11.8. The van der Waals surface area contributed by atoms with Gasteiger partial charge in [0.25, 0.3) is 0 Å². The number of aldehydes is 1. The molecule has 0 aliphatic heterocycles. The van der Waals surface area contributed by atoms with Crippen molar-refractivity contribution in [3.05, 3.63) is 0 Å². The minimum Gasteiger partial charge on any atom is -0.466 e. The number of carbonyl (C=O) groups excluding carboxylic acids is 2. The first kappa shape index (κ1) is 21.3. The Morgan fingerprint density at radius 2 is 1.82 bits per heavy atom. The third-order valence-electron chi connectivity index (χ3n) is 4.24. The lowest BCUT2D eigenvalue weighted by Gasteiger charge is -2.41. The van der Waals surface area contributed by atoms with Crippen molar-refractivity contribution in [1.82, 2.24) is 0 Å². The fourth-order valence-corrected chi connectivity index (χ4v) is 3.25. The topological polar surface area (TPSA) is 61.8 Å². The van der Waals surface area contributed by atoms with E-state index in [-0.39, 0.29) is 23.2 Å². The van der Waals surface area contributed by atoms with Gasteiger partial charge in [0.1, 0.15) is 6.29 Å². The zero-order valence-electron chi connectivity index (χ0n) is 15.1. The molecule has 0 rings (SSSR count). The molecule has 0 fully saturated rings. The molecule has 6 heteroatoms. The summed E-state index contributed by atoms with van der Waals surface area (Å²) in [6.45, 7) is 12.7. The number of hydrogen-bond acceptors (Lipinski definition) is 5. The molecule has 0 saturated heterocycles. The number of ether oxygens (including phenoxy) is 2. The summed E-state index contributed by atoms with van der Waals surface area (Å²) in [5.41, 5.74) is 0. The van der Waals surface area contributed by atoms with Crippen molar-refractivity contribution < 1.29 is 23.5 Å². The standard InChI is InChI=1S/C16H32O5Si/c1-13(18)20-12-8-9-15(14(19-5)10-11-17)21-22(6,7)16(2,3)4/h11,14-15H,8-10,12H2,1-7H3/t14-,15-/m0/s1. The van der Waals surface area contributed by atoms with Crippen LogP contribution in [0.25, 0.3) is 0 Å². The zero-order valence-corrected chi connectivity index (χ0v) is 16.1. The summed E-state index contributed by atoms with van der Waals surface area (Å²) < 4.78 is 16.8. The summed E-state index contributed by atoms with van der Waals surface area (Å²) in [6, 6.07) is 0. The highest BCUT2D eigenvalue weighted by atomic mass is 28.4. The van der Waals surface area contributed by atoms with E-state index < -0.39 is 8.32 Å². The number of carbonyl (C=O) groups is 2. The molecule has 0 N–H and O–H groups in total. The van der Waals surface area contributed by atoms with Gasteiger partial charge >= 0.3 is 5.97 Å². The maximum atomic E-state index is 10.9. The molecule has 0 aliphatic carbocycles. The molecule has 0 aliphatic rings. The average Bonchev–Trinajstić information content (AvgIpc) is 2.38. The highest BCUT2D eigenvalue weighted by Crippen LogP contribution is 2.38. The van der Waals surface area contributed by atoms with Crippen LogP contribution in [-0.2, 0) is 23.5 Å². The van der Waals surface area contributed by atoms with Crippen LogP contribution in [-0.4, -0.2) is 46.5 Å². The molecule has 0 bridgehead atoms. The molecule has 130 valence electrons. The van der Waals surface area contributed by atoms with Gasteiger partial charge in [-0.25, -0.2) is 0 Å². The Morgan fingerprint density at radius 1 is 1.23 bits per heavy atom. The van der Waals surface area contributed by atoms with Crippen molar-refractivity contribution in [2.45, 2.75) is 77.3 Å². The Bertz CT molecular complexity index is 349. The van der Waals surface area contributed by atoms with E-state index in [0.717, 1.165) is 6.29 Å². The number of hydrogen-bond donors (Lipinski definition) is 0. The predicted molar refractivity (Wildman–Crippen MR) is 89.4 cm³/mol. The Hall–Kier alpha value is -0.723. The second kappa shape index (κ2) is 9.42. The van der Waals surface area contributed by atoms with Crippen LogP contribution in [0.3, 0.4) is 0 Å². The molecule has 2 atom stereocenters. The van der Waals surface area contributed by atoms with Gasteiger partial charge in [-0.05, 0) is 31.0 Å². The summed E-state index contributed by atoms with van der Waals surface area (Å²) in [4.78, 5) is 21.7. The SMILES string of the molecule is CO[C@@H](CC=O)[C@H](CCCOC(C)=O)O[Si](C)(C)C(C)(C)C. The number of methoxy groups -OCH3 is 1. The summed E-state index contributed by atoms with van der Waals surface area (Å²) in [6.07, 6.45) is 2.14. The van der Waals surface area contributed by atoms with E-state index in [0.29, 0.717) is 25.9 Å². The van der Waals surface area contributed by atoms with Gasteiger partial charge in [-0.3, -0.25) is 4.79 Å². The minimum atomic E-state index is -1.96. The molecule has 0 amide bonds. The van der Waals surface area contributed by atoms with Crippen molar-refractivity contribution in [3.8, 4) is 0 Å². The summed E-state index contributed by atoms with van der Waals surface area (Å²) in [7, 11) is -0.362. The van der Waals surface area contributed by atoms with Gasteiger partial charge < -0.3 is 18.7 Å². The van der Waals surface area contributed by atoms with Gasteiger partial charge in [0.2, 0.25) is 0 Å². The van der Waals surface area contributed by atoms with E-state index in [4.69, 9.17) is 13.9 Å². The van der Waals surface area contributed by atoms with E-state index in [1.165, 1.54) is 6.92 Å². The fraction of sp³-hybridized carbons (Fsp3) is 0.875. The van der Waals surface area contributed by atoms with Gasteiger partial charge in [-0.1, -0.05) is 20.8 Å². The third-order valence-corrected chi connectivity index (χ3v) is 8.74. The molecule has 5 nitrogen and oxygen atoms in total. The monoisotopic (exact) mass is 332 g/mol. The molecule has 0 aromatic heterocycles. The Morgan fingerprint density at radius 3 is 2.23 bits per heavy atom. The largest absolute Gasteiger partial charge is 0.466 e. The molecule has 0 spiro atoms. The average molecular weight is 333 g/mol. The lowest BCUT2D eigenvalue weighted by Crippen LogP contribution is -2.47. The summed E-state index contributed by atoms with van der Waals surface area (Å²) in [5.74, 6) is -0.280. The molecule has 0 unspecified atom stereocenters. The first-order chi connectivity index (χ1) is 10.0. The first-order valence-electron chi connectivity index (χ1n) is 7.82. The lowest BCUT2D eigenvalue weighted by atomic mass is 10.1. The molecular formula is C16H32O5Si. The highest BCUT2D eigenvalue weighted by molar-refractivity contribution is 6.74. The van der Waals surface area contributed by atoms with Crippen LogP contribution in [0.5, 0.6) is 0 Å². The van der Waals surface area contributed by atoms with E-state index >= 15 is 0 Å². The van der Waals surface area contributed by atoms with Crippen LogP contribution in [0.1, 0.15) is 47.0 Å². The molecular weight excluding hydrogens is 300 g/mol. The van der Waals surface area contributed by atoms with Gasteiger partial charge in [0, 0.05) is 20.5 Å². The van der Waals surface area contributed by atoms with Crippen LogP contribution < -0.4 is 0 Å². The van der Waals surface area contributed by atoms with Crippen molar-refractivity contribution >= 4 is 20.6 Å². The molecule has 0 radical (unpaired) electrons. The Labute approximate surface area is 135 Å². The first-order valence-corrected chi connectivity index (χ1v) is 10.7. The Balaban J connectivity index is 4.85. The van der Waals surface area contributed by atoms with Gasteiger partial charge in [-0.15, -0.1) is 0 Å². The van der Waals surface area contributed by atoms with Gasteiger partial charge in [0.15, 0.2) is 8.32 Å². The smallest absolute Gasteiger partial charge is 0.302 e. The van der Waals surface area contributed by atoms with Crippen molar-refractivity contribution in [3.63, 3.8) is 0 Å². The van der Waals surface area contributed by atoms with E-state index in [1.807, 2.05) is 0 Å². The van der Waals surface area contributed by atoms with Gasteiger partial charge in [0.05, 0.1) is 18.8 Å². The molecule has 0 heterocycles. The third kappa shape index (κ3) is 7.51. The number of esters is 1. The van der Waals surface area contributed by atoms with Crippen molar-refractivity contribution in [1.29, 1.82) is 0 Å². The van der Waals surface area contributed by atoms with Crippen LogP contribution in [0.2, 0.25) is 18.1 Å². The minimum absolute atomic E-state index is 0.0839. The fourth-order valence-electron chi connectivity index (χ4n) is 1.87. The van der Waals surface area contributed by atoms with Crippen molar-refractivity contribution in [2.75, 3.05) is 13.7 Å². The molecule has 22 heavy (non-hydrogen) atoms. The van der Waals surface area contributed by atoms with Crippen LogP contribution in [0.15, 0.2) is 0 Å². The van der Waals surface area contributed by atoms with Gasteiger partial charge in [-0.2, -0.15) is 0 Å². The lowest BCUT2D eigenvalue weighted by molar-refractivity contribution is -0.141. The van der Waals surface area contributed by atoms with Crippen LogP contribution >= 0.6 is 0 Å². The molecule has 0 saturated carbocycles. The highest BCUT2D eigenvalue weighted by Gasteiger charge is 2.40. The van der Waals surface area contributed by atoms with Crippen molar-refractivity contribution in [2.24, 2.45) is 0 Å². The summed E-state index contributed by atoms with van der Waals surface area (Å²) >= 11 is 0. The quantitative estimate of drug-likeness (QED) is 0.266. The van der Waals surface area contributed by atoms with Crippen LogP contribution in [0, 0.1) is 0 Å². The maximum absolute atomic E-state index is 10.9. The van der Waals surface area contributed by atoms with E-state index in [9.17, 15) is 9.59 Å². The normalized spacial score (nSPS) is 15.2. The van der Waals surface area contributed by atoms with E-state index in [1.54, 1.807) is 7.11 Å². The second-order valence-electron chi connectivity index (χ2n) is 7.08. The van der Waals surface area contributed by atoms with E-state index in [2.05, 4.69) is 33.9 Å².